The standard InChI is InChI=1S/C31H32FN5O3S/c1-16-19(11-13-22(25(16)32)40-18-8-4-3-5-9-18)31(35)20-10-12-21(33)27-23(20)24(26(34)29(31)38)28(41-27)30(39)36-17-7-6-14-37(2)15-17/h3-5,8-13,17,26H,6-7,14-15,33-35H2,1-2H3,(H,36,39). The quantitative estimate of drug-likeness (QED) is 0.261. The summed E-state index contributed by atoms with van der Waals surface area (Å²) in [5.74, 6) is -0.951. The van der Waals surface area contributed by atoms with Crippen LogP contribution in [0, 0.1) is 12.7 Å². The number of anilines is 1. The number of carbonyl (C=O) groups excluding carboxylic acids is 2. The number of rotatable bonds is 5. The molecule has 7 N–H and O–H groups in total. The predicted octanol–water partition coefficient (Wildman–Crippen LogP) is 4.33. The zero-order valence-electron chi connectivity index (χ0n) is 22.9. The van der Waals surface area contributed by atoms with Crippen LogP contribution in [0.25, 0.3) is 10.1 Å². The first-order chi connectivity index (χ1) is 19.6. The first-order valence-electron chi connectivity index (χ1n) is 13.6. The number of benzene rings is 3. The molecule has 0 saturated carbocycles. The van der Waals surface area contributed by atoms with Crippen LogP contribution in [0.5, 0.6) is 11.5 Å². The number of halogens is 1. The third-order valence-electron chi connectivity index (χ3n) is 8.23. The van der Waals surface area contributed by atoms with Gasteiger partial charge in [0.25, 0.3) is 5.91 Å². The average molecular weight is 574 g/mol. The van der Waals surface area contributed by atoms with E-state index in [0.717, 1.165) is 25.9 Å². The van der Waals surface area contributed by atoms with Gasteiger partial charge in [-0.15, -0.1) is 11.3 Å². The number of Topliss-reactive ketones (excluding diaryl/α,β-unsaturated/α-hetero) is 1. The summed E-state index contributed by atoms with van der Waals surface area (Å²) in [6, 6.07) is 14.1. The van der Waals surface area contributed by atoms with Crippen LogP contribution in [-0.2, 0) is 10.3 Å². The Bertz CT molecular complexity index is 1690. The number of hydrogen-bond acceptors (Lipinski definition) is 8. The summed E-state index contributed by atoms with van der Waals surface area (Å²) in [7, 11) is 2.02. The van der Waals surface area contributed by atoms with E-state index in [9.17, 15) is 9.59 Å². The monoisotopic (exact) mass is 573 g/mol. The molecule has 212 valence electrons. The molecule has 8 nitrogen and oxygen atoms in total. The van der Waals surface area contributed by atoms with Crippen molar-refractivity contribution in [3.8, 4) is 11.5 Å². The Morgan fingerprint density at radius 1 is 1.15 bits per heavy atom. The Morgan fingerprint density at radius 2 is 1.88 bits per heavy atom. The van der Waals surface area contributed by atoms with E-state index in [0.29, 0.717) is 37.5 Å². The molecule has 1 aliphatic carbocycles. The van der Waals surface area contributed by atoms with Crippen molar-refractivity contribution in [2.24, 2.45) is 11.5 Å². The molecular formula is C31H32FN5O3S. The highest BCUT2D eigenvalue weighted by Gasteiger charge is 2.49. The number of thiophene rings is 1. The van der Waals surface area contributed by atoms with Crippen molar-refractivity contribution in [2.45, 2.75) is 37.4 Å². The highest BCUT2D eigenvalue weighted by molar-refractivity contribution is 7.21. The molecule has 3 aromatic carbocycles. The maximum absolute atomic E-state index is 15.7. The van der Waals surface area contributed by atoms with Crippen LogP contribution in [0.1, 0.15) is 50.8 Å². The lowest BCUT2D eigenvalue weighted by Gasteiger charge is -2.37. The number of nitrogens with one attached hydrogen (secondary N) is 1. The van der Waals surface area contributed by atoms with Gasteiger partial charge >= 0.3 is 0 Å². The molecule has 1 aromatic heterocycles. The van der Waals surface area contributed by atoms with Gasteiger partial charge in [-0.05, 0) is 74.3 Å². The lowest BCUT2D eigenvalue weighted by molar-refractivity contribution is -0.124. The lowest BCUT2D eigenvalue weighted by Crippen LogP contribution is -2.53. The maximum atomic E-state index is 15.7. The number of piperidine rings is 1. The topological polar surface area (TPSA) is 137 Å². The normalized spacial score (nSPS) is 22.6. The van der Waals surface area contributed by atoms with Gasteiger partial charge in [0.05, 0.1) is 15.6 Å². The van der Waals surface area contributed by atoms with E-state index in [4.69, 9.17) is 21.9 Å². The molecule has 2 aliphatic rings. The molecule has 1 aliphatic heterocycles. The van der Waals surface area contributed by atoms with Crippen molar-refractivity contribution < 1.29 is 18.7 Å². The Morgan fingerprint density at radius 3 is 2.61 bits per heavy atom. The van der Waals surface area contributed by atoms with Gasteiger partial charge < -0.3 is 32.2 Å². The molecule has 1 saturated heterocycles. The Kier molecular flexibility index (Phi) is 6.82. The average Bonchev–Trinajstić information content (AvgIpc) is 3.36. The fourth-order valence-electron chi connectivity index (χ4n) is 6.14. The number of ether oxygens (including phenoxy) is 1. The van der Waals surface area contributed by atoms with E-state index < -0.39 is 23.2 Å². The smallest absolute Gasteiger partial charge is 0.262 e. The van der Waals surface area contributed by atoms with Gasteiger partial charge in [-0.2, -0.15) is 0 Å². The fourth-order valence-corrected chi connectivity index (χ4v) is 7.35. The number of likely N-dealkylation sites (tertiary alicyclic amines) is 1. The molecule has 1 amide bonds. The second-order valence-electron chi connectivity index (χ2n) is 10.9. The zero-order valence-corrected chi connectivity index (χ0v) is 23.7. The van der Waals surface area contributed by atoms with Crippen molar-refractivity contribution in [1.29, 1.82) is 0 Å². The van der Waals surface area contributed by atoms with Crippen LogP contribution in [0.4, 0.5) is 10.1 Å². The highest BCUT2D eigenvalue weighted by Crippen LogP contribution is 2.50. The highest BCUT2D eigenvalue weighted by atomic mass is 32.1. The number of hydrogen-bond donors (Lipinski definition) is 4. The van der Waals surface area contributed by atoms with E-state index in [2.05, 4.69) is 10.2 Å². The molecule has 0 bridgehead atoms. The summed E-state index contributed by atoms with van der Waals surface area (Å²) in [6.45, 7) is 3.29. The van der Waals surface area contributed by atoms with Crippen LogP contribution < -0.4 is 27.3 Å². The second-order valence-corrected chi connectivity index (χ2v) is 12.0. The predicted molar refractivity (Wildman–Crippen MR) is 159 cm³/mol. The number of nitrogens with zero attached hydrogens (tertiary/aromatic N) is 1. The summed E-state index contributed by atoms with van der Waals surface area (Å²) in [6.07, 6.45) is 1.85. The van der Waals surface area contributed by atoms with Gasteiger partial charge in [0.1, 0.15) is 11.3 Å². The Labute approximate surface area is 241 Å². The van der Waals surface area contributed by atoms with E-state index in [1.54, 1.807) is 49.4 Å². The van der Waals surface area contributed by atoms with Gasteiger partial charge in [0.2, 0.25) is 0 Å². The summed E-state index contributed by atoms with van der Waals surface area (Å²) in [4.78, 5) is 30.2. The lowest BCUT2D eigenvalue weighted by atomic mass is 9.69. The molecule has 3 unspecified atom stereocenters. The molecular weight excluding hydrogens is 541 g/mol. The van der Waals surface area contributed by atoms with Crippen LogP contribution in [0.2, 0.25) is 0 Å². The number of likely N-dealkylation sites (N-methyl/N-ethyl adjacent to an activating group) is 1. The number of amides is 1. The summed E-state index contributed by atoms with van der Waals surface area (Å²) in [5, 5.41) is 3.71. The third kappa shape index (κ3) is 4.38. The second kappa shape index (κ2) is 10.2. The number of nitrogens with two attached hydrogens (primary N) is 3. The van der Waals surface area contributed by atoms with E-state index in [1.165, 1.54) is 17.4 Å². The fraction of sp³-hybridized carbons (Fsp3) is 0.290. The first kappa shape index (κ1) is 27.3. The van der Waals surface area contributed by atoms with Crippen molar-refractivity contribution in [1.82, 2.24) is 10.2 Å². The third-order valence-corrected chi connectivity index (χ3v) is 9.48. The van der Waals surface area contributed by atoms with Crippen molar-refractivity contribution >= 4 is 38.8 Å². The van der Waals surface area contributed by atoms with Crippen molar-refractivity contribution in [3.05, 3.63) is 87.5 Å². The SMILES string of the molecule is Cc1c(C2(N)C(=O)C(N)c3c(C(=O)NC4CCCN(C)C4)sc4c(N)ccc2c34)ccc(Oc2ccccc2)c1F. The van der Waals surface area contributed by atoms with Crippen LogP contribution >= 0.6 is 11.3 Å². The van der Waals surface area contributed by atoms with Crippen LogP contribution in [-0.4, -0.2) is 42.8 Å². The minimum atomic E-state index is -1.77. The van der Waals surface area contributed by atoms with E-state index in [1.807, 2.05) is 13.1 Å². The van der Waals surface area contributed by atoms with Gasteiger partial charge in [-0.3, -0.25) is 9.59 Å². The van der Waals surface area contributed by atoms with Gasteiger partial charge in [-0.25, -0.2) is 4.39 Å². The number of carbonyl (C=O) groups is 2. The minimum Gasteiger partial charge on any atom is -0.454 e. The summed E-state index contributed by atoms with van der Waals surface area (Å²) >= 11 is 1.21. The largest absolute Gasteiger partial charge is 0.454 e. The van der Waals surface area contributed by atoms with Crippen LogP contribution in [0.3, 0.4) is 0 Å². The van der Waals surface area contributed by atoms with Crippen molar-refractivity contribution in [2.75, 3.05) is 25.9 Å². The van der Waals surface area contributed by atoms with Gasteiger partial charge in [-0.1, -0.05) is 30.3 Å². The van der Waals surface area contributed by atoms with Crippen LogP contribution in [0.15, 0.2) is 54.6 Å². The molecule has 3 atom stereocenters. The molecule has 4 aromatic rings. The molecule has 1 fully saturated rings. The molecule has 41 heavy (non-hydrogen) atoms. The summed E-state index contributed by atoms with van der Waals surface area (Å²) < 4.78 is 22.1. The Balaban J connectivity index is 1.46. The van der Waals surface area contributed by atoms with E-state index >= 15 is 4.39 Å². The zero-order chi connectivity index (χ0) is 29.1. The van der Waals surface area contributed by atoms with Crippen molar-refractivity contribution in [3.63, 3.8) is 0 Å². The molecule has 10 heteroatoms. The minimum absolute atomic E-state index is 0.0122. The number of ketones is 1. The number of nitrogen functional groups attached to an aromatic ring is 1. The van der Waals surface area contributed by atoms with E-state index in [-0.39, 0.29) is 28.8 Å². The molecule has 2 heterocycles. The Hall–Kier alpha value is -3.83. The molecule has 0 radical (unpaired) electrons. The maximum Gasteiger partial charge on any atom is 0.262 e. The first-order valence-corrected chi connectivity index (χ1v) is 14.4. The molecule has 0 spiro atoms. The summed E-state index contributed by atoms with van der Waals surface area (Å²) in [5.41, 5.74) is 19.9. The number of para-hydroxylation sites is 1. The van der Waals surface area contributed by atoms with Gasteiger partial charge in [0, 0.05) is 29.2 Å². The van der Waals surface area contributed by atoms with Gasteiger partial charge in [0.15, 0.2) is 17.3 Å². The molecule has 6 rings (SSSR count).